The number of H-pyrrole nitrogens is 1. The standard InChI is InChI=1S/C15H16N2O5S/c18-14(17-10-5-6-23(20,21)9-10)8-22-15(19)12-7-16-13-4-2-1-3-11(12)13/h1-4,7,10,16H,5-6,8-9H2,(H,17,18)/t10-/m0/s1. The quantitative estimate of drug-likeness (QED) is 0.797. The molecule has 0 unspecified atom stereocenters. The molecule has 122 valence electrons. The lowest BCUT2D eigenvalue weighted by Crippen LogP contribution is -2.38. The minimum absolute atomic E-state index is 0.0604. The number of benzene rings is 1. The highest BCUT2D eigenvalue weighted by Gasteiger charge is 2.29. The van der Waals surface area contributed by atoms with Crippen molar-refractivity contribution in [2.24, 2.45) is 0 Å². The number of hydrogen-bond acceptors (Lipinski definition) is 5. The highest BCUT2D eigenvalue weighted by molar-refractivity contribution is 7.91. The third-order valence-corrected chi connectivity index (χ3v) is 5.51. The van der Waals surface area contributed by atoms with Gasteiger partial charge in [-0.3, -0.25) is 4.79 Å². The van der Waals surface area contributed by atoms with Crippen LogP contribution in [-0.4, -0.2) is 49.4 Å². The van der Waals surface area contributed by atoms with Gasteiger partial charge in [-0.05, 0) is 12.5 Å². The van der Waals surface area contributed by atoms with Crippen LogP contribution in [0.5, 0.6) is 0 Å². The summed E-state index contributed by atoms with van der Waals surface area (Å²) in [5, 5.41) is 3.29. The van der Waals surface area contributed by atoms with E-state index in [1.165, 1.54) is 6.20 Å². The van der Waals surface area contributed by atoms with Crippen LogP contribution in [0.25, 0.3) is 10.9 Å². The molecule has 1 atom stereocenters. The number of aromatic nitrogens is 1. The van der Waals surface area contributed by atoms with Crippen molar-refractivity contribution in [1.82, 2.24) is 10.3 Å². The van der Waals surface area contributed by atoms with Gasteiger partial charge in [0.2, 0.25) is 0 Å². The number of esters is 1. The summed E-state index contributed by atoms with van der Waals surface area (Å²) >= 11 is 0. The molecular weight excluding hydrogens is 320 g/mol. The van der Waals surface area contributed by atoms with E-state index in [4.69, 9.17) is 4.74 Å². The Bertz CT molecular complexity index is 856. The van der Waals surface area contributed by atoms with Gasteiger partial charge in [0.25, 0.3) is 5.91 Å². The van der Waals surface area contributed by atoms with Crippen LogP contribution in [0.3, 0.4) is 0 Å². The maximum atomic E-state index is 12.0. The Morgan fingerprint density at radius 1 is 1.30 bits per heavy atom. The highest BCUT2D eigenvalue weighted by atomic mass is 32.2. The second kappa shape index (κ2) is 6.04. The van der Waals surface area contributed by atoms with E-state index < -0.39 is 34.4 Å². The Hall–Kier alpha value is -2.35. The van der Waals surface area contributed by atoms with Crippen LogP contribution in [0.15, 0.2) is 30.5 Å². The first-order valence-corrected chi connectivity index (χ1v) is 9.00. The summed E-state index contributed by atoms with van der Waals surface area (Å²) in [4.78, 5) is 26.8. The molecule has 1 saturated heterocycles. The van der Waals surface area contributed by atoms with E-state index in [0.717, 1.165) is 10.9 Å². The Kier molecular flexibility index (Phi) is 4.08. The molecular formula is C15H16N2O5S. The minimum atomic E-state index is -3.06. The molecule has 23 heavy (non-hydrogen) atoms. The number of aromatic amines is 1. The number of carbonyl (C=O) groups excluding carboxylic acids is 2. The predicted octanol–water partition coefficient (Wildman–Crippen LogP) is 0.628. The normalized spacial score (nSPS) is 19.6. The van der Waals surface area contributed by atoms with Crippen LogP contribution < -0.4 is 5.32 Å². The monoisotopic (exact) mass is 336 g/mol. The fourth-order valence-electron chi connectivity index (χ4n) is 2.63. The maximum Gasteiger partial charge on any atom is 0.340 e. The van der Waals surface area contributed by atoms with Gasteiger partial charge in [-0.15, -0.1) is 0 Å². The molecule has 1 aromatic carbocycles. The number of carbonyl (C=O) groups is 2. The number of sulfone groups is 1. The summed E-state index contributed by atoms with van der Waals surface area (Å²) in [5.41, 5.74) is 1.16. The fraction of sp³-hybridized carbons (Fsp3) is 0.333. The van der Waals surface area contributed by atoms with Crippen LogP contribution in [0.1, 0.15) is 16.8 Å². The van der Waals surface area contributed by atoms with Gasteiger partial charge < -0.3 is 15.0 Å². The Labute approximate surface area is 132 Å². The first kappa shape index (κ1) is 15.5. The molecule has 1 aliphatic heterocycles. The fourth-order valence-corrected chi connectivity index (χ4v) is 4.30. The molecule has 0 radical (unpaired) electrons. The van der Waals surface area contributed by atoms with E-state index >= 15 is 0 Å². The number of amides is 1. The molecule has 0 spiro atoms. The molecule has 1 aliphatic rings. The average molecular weight is 336 g/mol. The summed E-state index contributed by atoms with van der Waals surface area (Å²) in [6, 6.07) is 6.86. The van der Waals surface area contributed by atoms with Gasteiger partial charge in [0, 0.05) is 23.1 Å². The van der Waals surface area contributed by atoms with Gasteiger partial charge >= 0.3 is 5.97 Å². The molecule has 2 N–H and O–H groups in total. The van der Waals surface area contributed by atoms with Crippen LogP contribution in [0.4, 0.5) is 0 Å². The van der Waals surface area contributed by atoms with Gasteiger partial charge in [0.05, 0.1) is 17.1 Å². The molecule has 0 bridgehead atoms. The van der Waals surface area contributed by atoms with Crippen molar-refractivity contribution in [2.45, 2.75) is 12.5 Å². The van der Waals surface area contributed by atoms with Crippen molar-refractivity contribution < 1.29 is 22.7 Å². The van der Waals surface area contributed by atoms with Crippen molar-refractivity contribution >= 4 is 32.6 Å². The molecule has 7 nitrogen and oxygen atoms in total. The molecule has 1 aromatic heterocycles. The number of fused-ring (bicyclic) bond motifs is 1. The Morgan fingerprint density at radius 2 is 2.09 bits per heavy atom. The Morgan fingerprint density at radius 3 is 2.83 bits per heavy atom. The lowest BCUT2D eigenvalue weighted by Gasteiger charge is -2.10. The van der Waals surface area contributed by atoms with Crippen LogP contribution in [0, 0.1) is 0 Å². The van der Waals surface area contributed by atoms with Crippen molar-refractivity contribution in [3.8, 4) is 0 Å². The number of para-hydroxylation sites is 1. The van der Waals surface area contributed by atoms with Gasteiger partial charge in [-0.2, -0.15) is 0 Å². The molecule has 1 fully saturated rings. The molecule has 1 amide bonds. The zero-order valence-corrected chi connectivity index (χ0v) is 13.1. The van der Waals surface area contributed by atoms with Crippen LogP contribution in [0.2, 0.25) is 0 Å². The van der Waals surface area contributed by atoms with E-state index in [0.29, 0.717) is 12.0 Å². The van der Waals surface area contributed by atoms with Crippen molar-refractivity contribution in [1.29, 1.82) is 0 Å². The second-order valence-electron chi connectivity index (χ2n) is 5.49. The van der Waals surface area contributed by atoms with E-state index in [9.17, 15) is 18.0 Å². The molecule has 2 heterocycles. The van der Waals surface area contributed by atoms with Gasteiger partial charge in [0.15, 0.2) is 16.4 Å². The summed E-state index contributed by atoms with van der Waals surface area (Å²) in [7, 11) is -3.06. The number of rotatable bonds is 4. The number of nitrogens with one attached hydrogen (secondary N) is 2. The van der Waals surface area contributed by atoms with E-state index in [2.05, 4.69) is 10.3 Å². The van der Waals surface area contributed by atoms with E-state index in [1.807, 2.05) is 12.1 Å². The molecule has 2 aromatic rings. The first-order chi connectivity index (χ1) is 10.9. The average Bonchev–Trinajstić information content (AvgIpc) is 3.08. The third kappa shape index (κ3) is 3.53. The maximum absolute atomic E-state index is 12.0. The smallest absolute Gasteiger partial charge is 0.340 e. The first-order valence-electron chi connectivity index (χ1n) is 7.18. The van der Waals surface area contributed by atoms with E-state index in [-0.39, 0.29) is 11.5 Å². The molecule has 8 heteroatoms. The van der Waals surface area contributed by atoms with Gasteiger partial charge in [0.1, 0.15) is 0 Å². The van der Waals surface area contributed by atoms with Gasteiger partial charge in [-0.25, -0.2) is 13.2 Å². The van der Waals surface area contributed by atoms with Gasteiger partial charge in [-0.1, -0.05) is 18.2 Å². The molecule has 0 aliphatic carbocycles. The summed E-state index contributed by atoms with van der Waals surface area (Å²) in [6.07, 6.45) is 1.93. The molecule has 0 saturated carbocycles. The number of ether oxygens (including phenoxy) is 1. The Balaban J connectivity index is 1.56. The predicted molar refractivity (Wildman–Crippen MR) is 83.8 cm³/mol. The SMILES string of the molecule is O=C(COC(=O)c1c[nH]c2ccccc12)N[C@H]1CCS(=O)(=O)C1. The largest absolute Gasteiger partial charge is 0.452 e. The third-order valence-electron chi connectivity index (χ3n) is 3.74. The van der Waals surface area contributed by atoms with Crippen LogP contribution in [-0.2, 0) is 19.4 Å². The minimum Gasteiger partial charge on any atom is -0.452 e. The van der Waals surface area contributed by atoms with Crippen LogP contribution >= 0.6 is 0 Å². The lowest BCUT2D eigenvalue weighted by molar-refractivity contribution is -0.124. The van der Waals surface area contributed by atoms with E-state index in [1.54, 1.807) is 12.1 Å². The molecule has 3 rings (SSSR count). The summed E-state index contributed by atoms with van der Waals surface area (Å²) in [6.45, 7) is -0.436. The summed E-state index contributed by atoms with van der Waals surface area (Å²) < 4.78 is 27.7. The van der Waals surface area contributed by atoms with Crippen molar-refractivity contribution in [3.05, 3.63) is 36.0 Å². The zero-order chi connectivity index (χ0) is 16.4. The second-order valence-corrected chi connectivity index (χ2v) is 7.72. The van der Waals surface area contributed by atoms with Crippen molar-refractivity contribution in [2.75, 3.05) is 18.1 Å². The number of hydrogen-bond donors (Lipinski definition) is 2. The van der Waals surface area contributed by atoms with Crippen molar-refractivity contribution in [3.63, 3.8) is 0 Å². The zero-order valence-electron chi connectivity index (χ0n) is 12.2. The summed E-state index contributed by atoms with van der Waals surface area (Å²) in [5.74, 6) is -1.08. The highest BCUT2D eigenvalue weighted by Crippen LogP contribution is 2.18. The lowest BCUT2D eigenvalue weighted by atomic mass is 10.2. The topological polar surface area (TPSA) is 105 Å².